The second kappa shape index (κ2) is 6.51. The molecule has 0 aliphatic carbocycles. The summed E-state index contributed by atoms with van der Waals surface area (Å²) >= 11 is 3.28. The number of hydrogen-bond donors (Lipinski definition) is 1. The molecule has 110 valence electrons. The molecule has 1 N–H and O–H groups in total. The number of pyridine rings is 1. The van der Waals surface area contributed by atoms with E-state index in [1.807, 2.05) is 6.92 Å². The summed E-state index contributed by atoms with van der Waals surface area (Å²) in [6.45, 7) is 2.49. The van der Waals surface area contributed by atoms with E-state index in [0.717, 1.165) is 4.47 Å². The first-order chi connectivity index (χ1) is 9.51. The molecule has 7 heteroatoms. The molecule has 0 bridgehead atoms. The maximum atomic E-state index is 12.3. The highest BCUT2D eigenvalue weighted by atomic mass is 79.9. The first-order valence-electron chi connectivity index (χ1n) is 6.39. The molecule has 6 nitrogen and oxygen atoms in total. The fraction of sp³-hybridized carbons (Fsp3) is 0.538. The van der Waals surface area contributed by atoms with E-state index in [2.05, 4.69) is 15.9 Å². The number of carbonyl (C=O) groups excluding carboxylic acids is 1. The smallest absolute Gasteiger partial charge is 0.251 e. The van der Waals surface area contributed by atoms with Crippen molar-refractivity contribution in [2.75, 3.05) is 19.8 Å². The summed E-state index contributed by atoms with van der Waals surface area (Å²) in [5.41, 5.74) is -0.221. The Labute approximate surface area is 125 Å². The van der Waals surface area contributed by atoms with Crippen molar-refractivity contribution >= 4 is 21.8 Å². The number of rotatable bonds is 3. The number of aromatic nitrogens is 1. The third-order valence-corrected chi connectivity index (χ3v) is 3.75. The topological polar surface area (TPSA) is 71.8 Å². The highest BCUT2D eigenvalue weighted by Gasteiger charge is 2.29. The number of amides is 1. The van der Waals surface area contributed by atoms with Crippen molar-refractivity contribution in [3.63, 3.8) is 0 Å². The summed E-state index contributed by atoms with van der Waals surface area (Å²) in [5, 5.41) is 9.12. The van der Waals surface area contributed by atoms with Gasteiger partial charge in [0.15, 0.2) is 0 Å². The number of carbonyl (C=O) groups is 1. The number of halogens is 1. The number of hydrogen-bond acceptors (Lipinski definition) is 4. The Balaban J connectivity index is 2.10. The molecule has 1 aliphatic heterocycles. The summed E-state index contributed by atoms with van der Waals surface area (Å²) < 4.78 is 7.50. The minimum atomic E-state index is -0.352. The van der Waals surface area contributed by atoms with E-state index in [1.54, 1.807) is 17.2 Å². The lowest BCUT2D eigenvalue weighted by molar-refractivity contribution is -0.146. The van der Waals surface area contributed by atoms with Gasteiger partial charge >= 0.3 is 0 Å². The normalized spacial score (nSPS) is 22.9. The van der Waals surface area contributed by atoms with Crippen LogP contribution in [-0.4, -0.2) is 52.4 Å². The predicted octanol–water partition coefficient (Wildman–Crippen LogP) is 0.219. The van der Waals surface area contributed by atoms with Gasteiger partial charge in [0.25, 0.3) is 5.56 Å². The molecule has 0 spiro atoms. The standard InChI is InChI=1S/C13H17BrN2O4/c1-9-8-20-11(7-17)5-16(9)13(19)6-15-4-10(14)2-3-12(15)18/h2-4,9,11,17H,5-8H2,1H3. The van der Waals surface area contributed by atoms with Crippen LogP contribution < -0.4 is 5.56 Å². The average Bonchev–Trinajstić information content (AvgIpc) is 2.43. The van der Waals surface area contributed by atoms with Gasteiger partial charge in [0.2, 0.25) is 5.91 Å². The van der Waals surface area contributed by atoms with Crippen LogP contribution in [0.25, 0.3) is 0 Å². The summed E-state index contributed by atoms with van der Waals surface area (Å²) in [4.78, 5) is 25.7. The van der Waals surface area contributed by atoms with Crippen LogP contribution in [-0.2, 0) is 16.1 Å². The monoisotopic (exact) mass is 344 g/mol. The zero-order valence-electron chi connectivity index (χ0n) is 11.2. The highest BCUT2D eigenvalue weighted by molar-refractivity contribution is 9.10. The van der Waals surface area contributed by atoms with Gasteiger partial charge in [0.1, 0.15) is 6.54 Å². The first kappa shape index (κ1) is 15.2. The Morgan fingerprint density at radius 1 is 1.55 bits per heavy atom. The van der Waals surface area contributed by atoms with E-state index in [4.69, 9.17) is 9.84 Å². The summed E-state index contributed by atoms with van der Waals surface area (Å²) in [5.74, 6) is -0.153. The van der Waals surface area contributed by atoms with Crippen LogP contribution in [0.4, 0.5) is 0 Å². The average molecular weight is 345 g/mol. The molecule has 2 atom stereocenters. The fourth-order valence-corrected chi connectivity index (χ4v) is 2.52. The molecule has 2 rings (SSSR count). The van der Waals surface area contributed by atoms with Crippen molar-refractivity contribution in [2.45, 2.75) is 25.6 Å². The van der Waals surface area contributed by atoms with Gasteiger partial charge in [-0.15, -0.1) is 0 Å². The molecule has 1 fully saturated rings. The van der Waals surface area contributed by atoms with Crippen LogP contribution in [0, 0.1) is 0 Å². The Morgan fingerprint density at radius 3 is 3.00 bits per heavy atom. The quantitative estimate of drug-likeness (QED) is 0.851. The Bertz CT molecular complexity index is 545. The molecule has 2 heterocycles. The molecule has 1 aromatic rings. The van der Waals surface area contributed by atoms with Crippen molar-refractivity contribution in [3.05, 3.63) is 33.2 Å². The van der Waals surface area contributed by atoms with E-state index >= 15 is 0 Å². The SMILES string of the molecule is CC1COC(CO)CN1C(=O)Cn1cc(Br)ccc1=O. The Kier molecular flexibility index (Phi) is 4.95. The Hall–Kier alpha value is -1.18. The van der Waals surface area contributed by atoms with Crippen molar-refractivity contribution in [1.29, 1.82) is 0 Å². The maximum absolute atomic E-state index is 12.3. The number of aliphatic hydroxyl groups is 1. The Morgan fingerprint density at radius 2 is 2.30 bits per heavy atom. The maximum Gasteiger partial charge on any atom is 0.251 e. The van der Waals surface area contributed by atoms with Crippen LogP contribution in [0.3, 0.4) is 0 Å². The third-order valence-electron chi connectivity index (χ3n) is 3.28. The third kappa shape index (κ3) is 3.47. The van der Waals surface area contributed by atoms with E-state index < -0.39 is 0 Å². The zero-order chi connectivity index (χ0) is 14.7. The van der Waals surface area contributed by atoms with Crippen LogP contribution in [0.1, 0.15) is 6.92 Å². The van der Waals surface area contributed by atoms with E-state index in [9.17, 15) is 9.59 Å². The minimum absolute atomic E-state index is 0.0131. The molecule has 0 radical (unpaired) electrons. The number of ether oxygens (including phenoxy) is 1. The van der Waals surface area contributed by atoms with Gasteiger partial charge in [-0.1, -0.05) is 0 Å². The molecule has 0 saturated carbocycles. The highest BCUT2D eigenvalue weighted by Crippen LogP contribution is 2.12. The summed E-state index contributed by atoms with van der Waals surface area (Å²) in [6, 6.07) is 2.99. The summed E-state index contributed by atoms with van der Waals surface area (Å²) in [6.07, 6.45) is 1.24. The molecule has 0 aromatic carbocycles. The fourth-order valence-electron chi connectivity index (χ4n) is 2.14. The lowest BCUT2D eigenvalue weighted by atomic mass is 10.2. The van der Waals surface area contributed by atoms with Gasteiger partial charge in [-0.3, -0.25) is 9.59 Å². The largest absolute Gasteiger partial charge is 0.394 e. The van der Waals surface area contributed by atoms with Crippen LogP contribution >= 0.6 is 15.9 Å². The van der Waals surface area contributed by atoms with E-state index in [-0.39, 0.29) is 36.8 Å². The van der Waals surface area contributed by atoms with Crippen molar-refractivity contribution in [3.8, 4) is 0 Å². The number of nitrogens with zero attached hydrogens (tertiary/aromatic N) is 2. The van der Waals surface area contributed by atoms with Gasteiger partial charge in [-0.25, -0.2) is 0 Å². The van der Waals surface area contributed by atoms with Gasteiger partial charge < -0.3 is 19.3 Å². The van der Waals surface area contributed by atoms with Crippen LogP contribution in [0.15, 0.2) is 27.6 Å². The molecule has 2 unspecified atom stereocenters. The van der Waals surface area contributed by atoms with E-state index in [1.165, 1.54) is 10.6 Å². The number of morpholine rings is 1. The molecular weight excluding hydrogens is 328 g/mol. The molecule has 1 saturated heterocycles. The molecular formula is C13H17BrN2O4. The van der Waals surface area contributed by atoms with Gasteiger partial charge in [-0.2, -0.15) is 0 Å². The second-order valence-corrected chi connectivity index (χ2v) is 5.76. The van der Waals surface area contributed by atoms with E-state index in [0.29, 0.717) is 13.2 Å². The number of aliphatic hydroxyl groups excluding tert-OH is 1. The van der Waals surface area contributed by atoms with Gasteiger partial charge in [0, 0.05) is 23.3 Å². The second-order valence-electron chi connectivity index (χ2n) is 4.85. The zero-order valence-corrected chi connectivity index (χ0v) is 12.7. The predicted molar refractivity (Wildman–Crippen MR) is 76.4 cm³/mol. The molecule has 1 aliphatic rings. The van der Waals surface area contributed by atoms with Crippen LogP contribution in [0.5, 0.6) is 0 Å². The lowest BCUT2D eigenvalue weighted by Crippen LogP contribution is -2.53. The van der Waals surface area contributed by atoms with Crippen molar-refractivity contribution in [1.82, 2.24) is 9.47 Å². The van der Waals surface area contributed by atoms with Gasteiger partial charge in [0.05, 0.1) is 25.4 Å². The van der Waals surface area contributed by atoms with Crippen LogP contribution in [0.2, 0.25) is 0 Å². The first-order valence-corrected chi connectivity index (χ1v) is 7.18. The van der Waals surface area contributed by atoms with Gasteiger partial charge in [-0.05, 0) is 28.9 Å². The van der Waals surface area contributed by atoms with Crippen molar-refractivity contribution in [2.24, 2.45) is 0 Å². The lowest BCUT2D eigenvalue weighted by Gasteiger charge is -2.37. The molecule has 1 aromatic heterocycles. The minimum Gasteiger partial charge on any atom is -0.394 e. The summed E-state index contributed by atoms with van der Waals surface area (Å²) in [7, 11) is 0. The van der Waals surface area contributed by atoms with Crippen molar-refractivity contribution < 1.29 is 14.6 Å². The molecule has 1 amide bonds. The molecule has 20 heavy (non-hydrogen) atoms.